The van der Waals surface area contributed by atoms with E-state index in [9.17, 15) is 17.6 Å². The maximum atomic E-state index is 13.2. The minimum Gasteiger partial charge on any atom is -0.348 e. The molecule has 0 aliphatic heterocycles. The van der Waals surface area contributed by atoms with E-state index in [1.54, 1.807) is 6.92 Å². The smallest absolute Gasteiger partial charge is 0.244 e. The Morgan fingerprint density at radius 2 is 1.69 bits per heavy atom. The Labute approximate surface area is 153 Å². The molecule has 2 atom stereocenters. The van der Waals surface area contributed by atoms with Crippen LogP contribution in [0.3, 0.4) is 0 Å². The van der Waals surface area contributed by atoms with E-state index in [1.165, 1.54) is 24.3 Å². The highest BCUT2D eigenvalue weighted by atomic mass is 32.2. The van der Waals surface area contributed by atoms with Crippen LogP contribution in [0.1, 0.15) is 31.9 Å². The molecule has 7 heteroatoms. The summed E-state index contributed by atoms with van der Waals surface area (Å²) in [7, 11) is -3.74. The summed E-state index contributed by atoms with van der Waals surface area (Å²) in [5, 5.41) is 2.86. The number of anilines is 1. The van der Waals surface area contributed by atoms with Crippen LogP contribution in [0.5, 0.6) is 0 Å². The number of rotatable bonds is 7. The van der Waals surface area contributed by atoms with E-state index < -0.39 is 27.8 Å². The summed E-state index contributed by atoms with van der Waals surface area (Å²) in [5.41, 5.74) is 1.17. The van der Waals surface area contributed by atoms with Crippen LogP contribution in [0.4, 0.5) is 10.1 Å². The summed E-state index contributed by atoms with van der Waals surface area (Å²) in [4.78, 5) is 12.8. The number of halogens is 1. The van der Waals surface area contributed by atoms with Crippen LogP contribution < -0.4 is 9.62 Å². The van der Waals surface area contributed by atoms with Gasteiger partial charge in [-0.15, -0.1) is 0 Å². The summed E-state index contributed by atoms with van der Waals surface area (Å²) in [5.74, 6) is -0.879. The number of carbonyl (C=O) groups is 1. The molecule has 5 nitrogen and oxygen atoms in total. The molecule has 0 aliphatic carbocycles. The van der Waals surface area contributed by atoms with E-state index in [-0.39, 0.29) is 18.2 Å². The van der Waals surface area contributed by atoms with E-state index in [0.29, 0.717) is 0 Å². The Balaban J connectivity index is 2.29. The second-order valence-corrected chi connectivity index (χ2v) is 7.96. The Bertz CT molecular complexity index is 839. The molecule has 0 aromatic heterocycles. The first kappa shape index (κ1) is 19.9. The van der Waals surface area contributed by atoms with E-state index in [2.05, 4.69) is 5.32 Å². The Morgan fingerprint density at radius 1 is 1.12 bits per heavy atom. The van der Waals surface area contributed by atoms with Gasteiger partial charge in [0.05, 0.1) is 18.0 Å². The molecule has 0 fully saturated rings. The first-order valence-corrected chi connectivity index (χ1v) is 10.2. The van der Waals surface area contributed by atoms with Gasteiger partial charge in [-0.05, 0) is 43.2 Å². The summed E-state index contributed by atoms with van der Waals surface area (Å²) in [6, 6.07) is 13.3. The molecular weight excluding hydrogens is 355 g/mol. The monoisotopic (exact) mass is 378 g/mol. The fraction of sp³-hybridized carbons (Fsp3) is 0.316. The molecule has 1 amide bonds. The molecule has 0 saturated carbocycles. The van der Waals surface area contributed by atoms with Gasteiger partial charge < -0.3 is 5.32 Å². The molecule has 0 bridgehead atoms. The SMILES string of the molecule is CCC(C(=O)N[C@H](C)c1ccccc1)N(c1ccc(F)cc1)S(C)(=O)=O. The van der Waals surface area contributed by atoms with Crippen LogP contribution in [-0.2, 0) is 14.8 Å². The molecule has 0 saturated heterocycles. The van der Waals surface area contributed by atoms with Crippen LogP contribution in [-0.4, -0.2) is 26.6 Å². The highest BCUT2D eigenvalue weighted by molar-refractivity contribution is 7.92. The minimum atomic E-state index is -3.74. The zero-order valence-electron chi connectivity index (χ0n) is 15.0. The molecule has 2 rings (SSSR count). The van der Waals surface area contributed by atoms with Crippen molar-refractivity contribution >= 4 is 21.6 Å². The summed E-state index contributed by atoms with van der Waals surface area (Å²) in [6.07, 6.45) is 1.31. The lowest BCUT2D eigenvalue weighted by atomic mass is 10.1. The third kappa shape index (κ3) is 4.82. The second-order valence-electron chi connectivity index (χ2n) is 6.10. The number of hydrogen-bond acceptors (Lipinski definition) is 3. The fourth-order valence-electron chi connectivity index (χ4n) is 2.78. The average Bonchev–Trinajstić information content (AvgIpc) is 2.60. The average molecular weight is 378 g/mol. The molecule has 0 radical (unpaired) electrons. The third-order valence-electron chi connectivity index (χ3n) is 4.07. The van der Waals surface area contributed by atoms with E-state index in [4.69, 9.17) is 0 Å². The number of nitrogens with one attached hydrogen (secondary N) is 1. The quantitative estimate of drug-likeness (QED) is 0.804. The summed E-state index contributed by atoms with van der Waals surface area (Å²) in [6.45, 7) is 3.57. The standard InChI is InChI=1S/C19H23FN2O3S/c1-4-18(19(23)21-14(2)15-8-6-5-7-9-15)22(26(3,24)25)17-12-10-16(20)11-13-17/h5-14,18H,4H2,1-3H3,(H,21,23)/t14-,18?/m1/s1. The molecule has 0 spiro atoms. The van der Waals surface area contributed by atoms with Crippen molar-refractivity contribution in [1.82, 2.24) is 5.32 Å². The van der Waals surface area contributed by atoms with E-state index in [0.717, 1.165) is 16.1 Å². The van der Waals surface area contributed by atoms with Crippen LogP contribution in [0.15, 0.2) is 54.6 Å². The lowest BCUT2D eigenvalue weighted by Crippen LogP contribution is -2.49. The van der Waals surface area contributed by atoms with Crippen molar-refractivity contribution < 1.29 is 17.6 Å². The molecular formula is C19H23FN2O3S. The zero-order valence-corrected chi connectivity index (χ0v) is 15.8. The molecule has 0 heterocycles. The summed E-state index contributed by atoms with van der Waals surface area (Å²) >= 11 is 0. The Hall–Kier alpha value is -2.41. The van der Waals surface area contributed by atoms with Gasteiger partial charge in [-0.1, -0.05) is 37.3 Å². The first-order chi connectivity index (χ1) is 12.2. The zero-order chi connectivity index (χ0) is 19.3. The topological polar surface area (TPSA) is 66.5 Å². The van der Waals surface area contributed by atoms with Crippen molar-refractivity contribution in [2.75, 3.05) is 10.6 Å². The molecule has 2 aromatic rings. The number of hydrogen-bond donors (Lipinski definition) is 1. The lowest BCUT2D eigenvalue weighted by Gasteiger charge is -2.31. The molecule has 0 aliphatic rings. The van der Waals surface area contributed by atoms with Crippen molar-refractivity contribution in [3.8, 4) is 0 Å². The molecule has 1 N–H and O–H groups in total. The van der Waals surface area contributed by atoms with Crippen molar-refractivity contribution in [3.63, 3.8) is 0 Å². The number of carbonyl (C=O) groups excluding carboxylic acids is 1. The van der Waals surface area contributed by atoms with Gasteiger partial charge in [0.2, 0.25) is 15.9 Å². The maximum absolute atomic E-state index is 13.2. The van der Waals surface area contributed by atoms with Crippen LogP contribution in [0, 0.1) is 5.82 Å². The fourth-order valence-corrected chi connectivity index (χ4v) is 3.99. The highest BCUT2D eigenvalue weighted by Crippen LogP contribution is 2.23. The van der Waals surface area contributed by atoms with E-state index in [1.807, 2.05) is 37.3 Å². The lowest BCUT2D eigenvalue weighted by molar-refractivity contribution is -0.122. The predicted octanol–water partition coefficient (Wildman–Crippen LogP) is 3.25. The predicted molar refractivity (Wildman–Crippen MR) is 101 cm³/mol. The molecule has 26 heavy (non-hydrogen) atoms. The molecule has 2 aromatic carbocycles. The van der Waals surface area contributed by atoms with Crippen molar-refractivity contribution in [2.24, 2.45) is 0 Å². The van der Waals surface area contributed by atoms with Crippen LogP contribution >= 0.6 is 0 Å². The van der Waals surface area contributed by atoms with Crippen molar-refractivity contribution in [2.45, 2.75) is 32.4 Å². The van der Waals surface area contributed by atoms with Gasteiger partial charge in [0, 0.05) is 0 Å². The number of benzene rings is 2. The minimum absolute atomic E-state index is 0.253. The molecule has 1 unspecified atom stereocenters. The van der Waals surface area contributed by atoms with Gasteiger partial charge in [-0.25, -0.2) is 12.8 Å². The van der Waals surface area contributed by atoms with Gasteiger partial charge in [0.1, 0.15) is 11.9 Å². The van der Waals surface area contributed by atoms with Gasteiger partial charge in [-0.3, -0.25) is 9.10 Å². The normalized spacial score (nSPS) is 13.7. The summed E-state index contributed by atoms with van der Waals surface area (Å²) < 4.78 is 38.9. The number of sulfonamides is 1. The maximum Gasteiger partial charge on any atom is 0.244 e. The Morgan fingerprint density at radius 3 is 2.19 bits per heavy atom. The first-order valence-electron chi connectivity index (χ1n) is 8.34. The van der Waals surface area contributed by atoms with Crippen molar-refractivity contribution in [1.29, 1.82) is 0 Å². The third-order valence-corrected chi connectivity index (χ3v) is 5.25. The van der Waals surface area contributed by atoms with Crippen LogP contribution in [0.2, 0.25) is 0 Å². The largest absolute Gasteiger partial charge is 0.348 e. The van der Waals surface area contributed by atoms with Gasteiger partial charge in [0.25, 0.3) is 0 Å². The second kappa shape index (κ2) is 8.31. The van der Waals surface area contributed by atoms with E-state index >= 15 is 0 Å². The number of nitrogens with zero attached hydrogens (tertiary/aromatic N) is 1. The van der Waals surface area contributed by atoms with Crippen molar-refractivity contribution in [3.05, 3.63) is 66.0 Å². The van der Waals surface area contributed by atoms with Gasteiger partial charge >= 0.3 is 0 Å². The Kier molecular flexibility index (Phi) is 6.37. The molecule has 140 valence electrons. The van der Waals surface area contributed by atoms with Crippen LogP contribution in [0.25, 0.3) is 0 Å². The van der Waals surface area contributed by atoms with Gasteiger partial charge in [0.15, 0.2) is 0 Å². The van der Waals surface area contributed by atoms with Gasteiger partial charge in [-0.2, -0.15) is 0 Å². The highest BCUT2D eigenvalue weighted by Gasteiger charge is 2.32. The number of amides is 1.